The molecule has 0 fully saturated rings. The maximum atomic E-state index is 13.2. The summed E-state index contributed by atoms with van der Waals surface area (Å²) < 4.78 is 17.4. The van der Waals surface area contributed by atoms with Crippen LogP contribution in [-0.4, -0.2) is 37.0 Å². The van der Waals surface area contributed by atoms with Gasteiger partial charge in [-0.3, -0.25) is 4.79 Å². The number of rotatable bonds is 14. The maximum Gasteiger partial charge on any atom is 0.193 e. The predicted molar refractivity (Wildman–Crippen MR) is 94.6 cm³/mol. The lowest BCUT2D eigenvalue weighted by Crippen LogP contribution is -2.50. The molecule has 2 atom stereocenters. The Labute approximate surface area is 143 Å². The number of carbonyl (C=O) groups is 1. The Hall–Kier alpha value is -0.450. The molecule has 0 rings (SSSR count). The molecule has 0 aliphatic rings. The molecule has 4 heteroatoms. The molecule has 0 aromatic carbocycles. The Bertz CT molecular complexity index is 308. The topological polar surface area (TPSA) is 44.8 Å². The summed E-state index contributed by atoms with van der Waals surface area (Å²) >= 11 is 0. The third-order valence-corrected chi connectivity index (χ3v) is 4.69. The second-order valence-electron chi connectivity index (χ2n) is 6.19. The van der Waals surface area contributed by atoms with E-state index in [1.165, 1.54) is 0 Å². The van der Waals surface area contributed by atoms with Gasteiger partial charge in [-0.05, 0) is 39.0 Å². The van der Waals surface area contributed by atoms with E-state index >= 15 is 0 Å². The van der Waals surface area contributed by atoms with Crippen LogP contribution in [-0.2, 0) is 19.0 Å². The van der Waals surface area contributed by atoms with Crippen molar-refractivity contribution in [2.75, 3.05) is 7.11 Å². The number of hydrogen-bond acceptors (Lipinski definition) is 4. The quantitative estimate of drug-likeness (QED) is 0.425. The van der Waals surface area contributed by atoms with Gasteiger partial charge in [0.25, 0.3) is 0 Å². The van der Waals surface area contributed by atoms with Crippen LogP contribution in [0.5, 0.6) is 0 Å². The number of Topliss-reactive ketones (excluding diaryl/α,β-unsaturated/α-hetero) is 1. The highest BCUT2D eigenvalue weighted by molar-refractivity contribution is 5.91. The van der Waals surface area contributed by atoms with Crippen LogP contribution in [0, 0.1) is 0 Å². The van der Waals surface area contributed by atoms with Crippen molar-refractivity contribution in [3.63, 3.8) is 0 Å². The first-order valence-corrected chi connectivity index (χ1v) is 9.34. The van der Waals surface area contributed by atoms with Gasteiger partial charge in [0.2, 0.25) is 0 Å². The van der Waals surface area contributed by atoms with Crippen LogP contribution < -0.4 is 0 Å². The Morgan fingerprint density at radius 2 is 1.61 bits per heavy atom. The van der Waals surface area contributed by atoms with Crippen LogP contribution in [0.25, 0.3) is 0 Å². The van der Waals surface area contributed by atoms with Crippen LogP contribution in [0.3, 0.4) is 0 Å². The molecule has 0 N–H and O–H groups in total. The van der Waals surface area contributed by atoms with Crippen molar-refractivity contribution in [2.45, 2.75) is 111 Å². The molecule has 2 unspecified atom stereocenters. The first-order valence-electron chi connectivity index (χ1n) is 9.34. The summed E-state index contributed by atoms with van der Waals surface area (Å²) in [6.07, 6.45) is 5.25. The summed E-state index contributed by atoms with van der Waals surface area (Å²) in [7, 11) is 1.60. The maximum absolute atomic E-state index is 13.2. The van der Waals surface area contributed by atoms with E-state index in [0.29, 0.717) is 12.8 Å². The van der Waals surface area contributed by atoms with Gasteiger partial charge >= 0.3 is 0 Å². The SMILES string of the molecule is CCCCC(OC(CC)CC)C(=O)C(CC)(CC)OC(C)OC. The Morgan fingerprint density at radius 1 is 1.04 bits per heavy atom. The van der Waals surface area contributed by atoms with Gasteiger partial charge in [0.05, 0.1) is 6.10 Å². The van der Waals surface area contributed by atoms with Crippen molar-refractivity contribution in [2.24, 2.45) is 0 Å². The van der Waals surface area contributed by atoms with E-state index in [2.05, 4.69) is 20.8 Å². The molecule has 0 spiro atoms. The van der Waals surface area contributed by atoms with Crippen molar-refractivity contribution >= 4 is 5.78 Å². The molecule has 0 aliphatic carbocycles. The average Bonchev–Trinajstić information content (AvgIpc) is 2.59. The first-order chi connectivity index (χ1) is 10.9. The molecule has 0 aromatic heterocycles. The molecular formula is C19H38O4. The molecule has 23 heavy (non-hydrogen) atoms. The second kappa shape index (κ2) is 12.0. The number of hydrogen-bond donors (Lipinski definition) is 0. The van der Waals surface area contributed by atoms with Crippen LogP contribution >= 0.6 is 0 Å². The summed E-state index contributed by atoms with van der Waals surface area (Å²) in [4.78, 5) is 13.2. The fourth-order valence-corrected chi connectivity index (χ4v) is 2.85. The lowest BCUT2D eigenvalue weighted by molar-refractivity contribution is -0.205. The molecule has 0 saturated heterocycles. The first kappa shape index (κ1) is 22.6. The summed E-state index contributed by atoms with van der Waals surface area (Å²) in [6.45, 7) is 12.2. The molecule has 0 saturated carbocycles. The Morgan fingerprint density at radius 3 is 2.00 bits per heavy atom. The van der Waals surface area contributed by atoms with E-state index in [1.807, 2.05) is 20.8 Å². The molecule has 0 radical (unpaired) electrons. The van der Waals surface area contributed by atoms with Gasteiger partial charge in [0.15, 0.2) is 12.1 Å². The number of ketones is 1. The van der Waals surface area contributed by atoms with Gasteiger partial charge in [0.1, 0.15) is 11.7 Å². The van der Waals surface area contributed by atoms with Crippen LogP contribution in [0.15, 0.2) is 0 Å². The highest BCUT2D eigenvalue weighted by atomic mass is 16.7. The van der Waals surface area contributed by atoms with E-state index in [9.17, 15) is 4.79 Å². The van der Waals surface area contributed by atoms with Crippen molar-refractivity contribution < 1.29 is 19.0 Å². The third kappa shape index (κ3) is 6.90. The highest BCUT2D eigenvalue weighted by Crippen LogP contribution is 2.29. The number of ether oxygens (including phenoxy) is 3. The zero-order valence-electron chi connectivity index (χ0n) is 16.3. The number of methoxy groups -OCH3 is 1. The zero-order valence-corrected chi connectivity index (χ0v) is 16.3. The monoisotopic (exact) mass is 330 g/mol. The van der Waals surface area contributed by atoms with Crippen LogP contribution in [0.2, 0.25) is 0 Å². The largest absolute Gasteiger partial charge is 0.367 e. The van der Waals surface area contributed by atoms with Gasteiger partial charge in [-0.15, -0.1) is 0 Å². The summed E-state index contributed by atoms with van der Waals surface area (Å²) in [6, 6.07) is 0. The minimum Gasteiger partial charge on any atom is -0.367 e. The summed E-state index contributed by atoms with van der Waals surface area (Å²) in [5.41, 5.74) is -0.820. The normalized spacial score (nSPS) is 15.0. The average molecular weight is 331 g/mol. The fourth-order valence-electron chi connectivity index (χ4n) is 2.85. The molecule has 138 valence electrons. The standard InChI is InChI=1S/C19H38O4/c1-8-13-14-17(22-16(9-2)10-3)18(20)19(11-4,12-5)23-15(6)21-7/h15-17H,8-14H2,1-7H3. The van der Waals surface area contributed by atoms with Crippen molar-refractivity contribution in [1.29, 1.82) is 0 Å². The van der Waals surface area contributed by atoms with Crippen LogP contribution in [0.1, 0.15) is 86.5 Å². The van der Waals surface area contributed by atoms with Crippen molar-refractivity contribution in [1.82, 2.24) is 0 Å². The lowest BCUT2D eigenvalue weighted by atomic mass is 9.86. The fraction of sp³-hybridized carbons (Fsp3) is 0.947. The minimum absolute atomic E-state index is 0.0757. The van der Waals surface area contributed by atoms with E-state index in [1.54, 1.807) is 7.11 Å². The smallest absolute Gasteiger partial charge is 0.193 e. The number of carbonyl (C=O) groups excluding carboxylic acids is 1. The number of unbranched alkanes of at least 4 members (excludes halogenated alkanes) is 1. The second-order valence-corrected chi connectivity index (χ2v) is 6.19. The predicted octanol–water partition coefficient (Wildman–Crippen LogP) is 4.89. The molecular weight excluding hydrogens is 292 g/mol. The van der Waals surface area contributed by atoms with Gasteiger partial charge in [-0.2, -0.15) is 0 Å². The van der Waals surface area contributed by atoms with Gasteiger partial charge in [0, 0.05) is 7.11 Å². The highest BCUT2D eigenvalue weighted by Gasteiger charge is 2.42. The van der Waals surface area contributed by atoms with Gasteiger partial charge in [-0.1, -0.05) is 47.5 Å². The third-order valence-electron chi connectivity index (χ3n) is 4.69. The summed E-state index contributed by atoms with van der Waals surface area (Å²) in [5.74, 6) is 0.0757. The van der Waals surface area contributed by atoms with E-state index in [-0.39, 0.29) is 18.0 Å². The molecule has 4 nitrogen and oxygen atoms in total. The molecule has 0 heterocycles. The molecule has 0 bridgehead atoms. The molecule has 0 amide bonds. The molecule has 0 aromatic rings. The van der Waals surface area contributed by atoms with Gasteiger partial charge in [-0.25, -0.2) is 0 Å². The van der Waals surface area contributed by atoms with Crippen molar-refractivity contribution in [3.8, 4) is 0 Å². The minimum atomic E-state index is -0.820. The van der Waals surface area contributed by atoms with E-state index < -0.39 is 11.9 Å². The molecule has 0 aliphatic heterocycles. The van der Waals surface area contributed by atoms with Crippen molar-refractivity contribution in [3.05, 3.63) is 0 Å². The van der Waals surface area contributed by atoms with E-state index in [0.717, 1.165) is 32.1 Å². The summed E-state index contributed by atoms with van der Waals surface area (Å²) in [5, 5.41) is 0. The Kier molecular flexibility index (Phi) is 11.8. The van der Waals surface area contributed by atoms with E-state index in [4.69, 9.17) is 14.2 Å². The lowest BCUT2D eigenvalue weighted by Gasteiger charge is -2.36. The Balaban J connectivity index is 5.30. The zero-order chi connectivity index (χ0) is 17.9. The van der Waals surface area contributed by atoms with Gasteiger partial charge < -0.3 is 14.2 Å². The van der Waals surface area contributed by atoms with Crippen LogP contribution in [0.4, 0.5) is 0 Å².